The summed E-state index contributed by atoms with van der Waals surface area (Å²) in [6.07, 6.45) is 0.237. The van der Waals surface area contributed by atoms with E-state index in [1.165, 1.54) is 24.3 Å². The third-order valence-corrected chi connectivity index (χ3v) is 7.22. The molecule has 1 aliphatic rings. The van der Waals surface area contributed by atoms with E-state index in [1.54, 1.807) is 24.3 Å². The van der Waals surface area contributed by atoms with Crippen molar-refractivity contribution in [3.05, 3.63) is 59.7 Å². The number of benzene rings is 2. The van der Waals surface area contributed by atoms with Crippen LogP contribution in [0, 0.1) is 13.8 Å². The summed E-state index contributed by atoms with van der Waals surface area (Å²) in [6, 6.07) is 12.8. The van der Waals surface area contributed by atoms with Gasteiger partial charge in [0.15, 0.2) is 0 Å². The van der Waals surface area contributed by atoms with Crippen LogP contribution in [0.15, 0.2) is 58.3 Å². The van der Waals surface area contributed by atoms with Crippen molar-refractivity contribution in [1.29, 1.82) is 0 Å². The Balaban J connectivity index is 1.49. The Kier molecular flexibility index (Phi) is 6.75. The first-order valence-electron chi connectivity index (χ1n) is 9.23. The molecule has 0 aliphatic carbocycles. The molecular weight excluding hydrogens is 416 g/mol. The van der Waals surface area contributed by atoms with Crippen LogP contribution in [0.5, 0.6) is 0 Å². The molecule has 1 heterocycles. The molecule has 3 rings (SSSR count). The fourth-order valence-electron chi connectivity index (χ4n) is 2.90. The van der Waals surface area contributed by atoms with Crippen LogP contribution < -0.4 is 0 Å². The lowest BCUT2D eigenvalue weighted by Crippen LogP contribution is -2.23. The molecule has 0 radical (unpaired) electrons. The summed E-state index contributed by atoms with van der Waals surface area (Å²) in [5, 5.41) is 0. The highest BCUT2D eigenvalue weighted by atomic mass is 32.2. The van der Waals surface area contributed by atoms with E-state index >= 15 is 0 Å². The summed E-state index contributed by atoms with van der Waals surface area (Å²) < 4.78 is 64.8. The van der Waals surface area contributed by atoms with Crippen LogP contribution in [0.1, 0.15) is 24.0 Å². The molecule has 0 bridgehead atoms. The largest absolute Gasteiger partial charge is 0.370 e. The lowest BCUT2D eigenvalue weighted by Gasteiger charge is -2.14. The van der Waals surface area contributed by atoms with Crippen molar-refractivity contribution in [3.63, 3.8) is 0 Å². The minimum Gasteiger partial charge on any atom is -0.370 e. The van der Waals surface area contributed by atoms with Crippen LogP contribution in [0.3, 0.4) is 0 Å². The highest BCUT2D eigenvalue weighted by Gasteiger charge is 2.29. The highest BCUT2D eigenvalue weighted by Crippen LogP contribution is 2.23. The van der Waals surface area contributed by atoms with E-state index < -0.39 is 32.4 Å². The minimum atomic E-state index is -3.86. The quantitative estimate of drug-likeness (QED) is 0.582. The number of aryl methyl sites for hydroxylation is 2. The average molecular weight is 441 g/mol. The molecule has 1 aliphatic heterocycles. The third kappa shape index (κ3) is 5.86. The van der Waals surface area contributed by atoms with E-state index in [0.717, 1.165) is 11.1 Å². The molecule has 0 amide bonds. The van der Waals surface area contributed by atoms with Crippen LogP contribution >= 0.6 is 0 Å². The second-order valence-electron chi connectivity index (χ2n) is 7.06. The molecule has 0 N–H and O–H groups in total. The minimum absolute atomic E-state index is 0.0881. The molecule has 29 heavy (non-hydrogen) atoms. The Morgan fingerprint density at radius 3 is 1.41 bits per heavy atom. The molecule has 2 atom stereocenters. The second-order valence-corrected chi connectivity index (χ2v) is 10.3. The van der Waals surface area contributed by atoms with E-state index in [0.29, 0.717) is 12.8 Å². The highest BCUT2D eigenvalue weighted by molar-refractivity contribution is 7.87. The molecule has 2 unspecified atom stereocenters. The van der Waals surface area contributed by atoms with Gasteiger partial charge in [-0.3, -0.25) is 8.37 Å². The Hall–Kier alpha value is -1.78. The maximum Gasteiger partial charge on any atom is 0.297 e. The van der Waals surface area contributed by atoms with Crippen molar-refractivity contribution in [3.8, 4) is 0 Å². The summed E-state index contributed by atoms with van der Waals surface area (Å²) in [7, 11) is -7.73. The van der Waals surface area contributed by atoms with Crippen molar-refractivity contribution in [2.45, 2.75) is 48.7 Å². The van der Waals surface area contributed by atoms with Gasteiger partial charge in [0.25, 0.3) is 20.2 Å². The number of hydrogen-bond acceptors (Lipinski definition) is 7. The van der Waals surface area contributed by atoms with Crippen LogP contribution in [-0.4, -0.2) is 42.3 Å². The van der Waals surface area contributed by atoms with Gasteiger partial charge in [0, 0.05) is 0 Å². The summed E-state index contributed by atoms with van der Waals surface area (Å²) in [4.78, 5) is 0.176. The molecule has 0 aromatic heterocycles. The fraction of sp³-hybridized carbons (Fsp3) is 0.400. The molecule has 2 aromatic carbocycles. The van der Waals surface area contributed by atoms with Crippen LogP contribution in [0.25, 0.3) is 0 Å². The summed E-state index contributed by atoms with van der Waals surface area (Å²) >= 11 is 0. The second kappa shape index (κ2) is 8.93. The van der Waals surface area contributed by atoms with Crippen molar-refractivity contribution in [2.24, 2.45) is 0 Å². The average Bonchev–Trinajstić information content (AvgIpc) is 3.14. The zero-order valence-electron chi connectivity index (χ0n) is 16.3. The number of ether oxygens (including phenoxy) is 1. The Labute approximate surface area is 171 Å². The van der Waals surface area contributed by atoms with E-state index in [1.807, 2.05) is 13.8 Å². The maximum absolute atomic E-state index is 12.2. The van der Waals surface area contributed by atoms with E-state index in [4.69, 9.17) is 13.1 Å². The van der Waals surface area contributed by atoms with Gasteiger partial charge in [-0.25, -0.2) is 0 Å². The van der Waals surface area contributed by atoms with Crippen LogP contribution in [0.4, 0.5) is 0 Å². The van der Waals surface area contributed by atoms with E-state index in [-0.39, 0.29) is 23.0 Å². The SMILES string of the molecule is Cc1ccc(S(=O)(=O)OCC2CCC(COS(=O)(=O)c3ccc(C)cc3)O2)cc1. The predicted octanol–water partition coefficient (Wildman–Crippen LogP) is 2.96. The Morgan fingerprint density at radius 2 is 1.07 bits per heavy atom. The summed E-state index contributed by atoms with van der Waals surface area (Å²) in [6.45, 7) is 3.48. The third-order valence-electron chi connectivity index (χ3n) is 4.63. The zero-order valence-corrected chi connectivity index (χ0v) is 17.9. The van der Waals surface area contributed by atoms with Crippen molar-refractivity contribution >= 4 is 20.2 Å². The van der Waals surface area contributed by atoms with Crippen molar-refractivity contribution < 1.29 is 29.9 Å². The molecule has 2 aromatic rings. The standard InChI is InChI=1S/C20H24O7S2/c1-15-3-9-19(10-4-15)28(21,22)25-13-17-7-8-18(27-17)14-26-29(23,24)20-11-5-16(2)6-12-20/h3-6,9-12,17-18H,7-8,13-14H2,1-2H3. The van der Waals surface area contributed by atoms with Gasteiger partial charge in [-0.05, 0) is 51.0 Å². The van der Waals surface area contributed by atoms with E-state index in [9.17, 15) is 16.8 Å². The van der Waals surface area contributed by atoms with Gasteiger partial charge in [0.1, 0.15) is 0 Å². The van der Waals surface area contributed by atoms with Gasteiger partial charge in [-0.15, -0.1) is 0 Å². The monoisotopic (exact) mass is 440 g/mol. The maximum atomic E-state index is 12.2. The number of hydrogen-bond donors (Lipinski definition) is 0. The predicted molar refractivity (Wildman–Crippen MR) is 107 cm³/mol. The van der Waals surface area contributed by atoms with Crippen LogP contribution in [-0.2, 0) is 33.3 Å². The lowest BCUT2D eigenvalue weighted by molar-refractivity contribution is -0.000186. The summed E-state index contributed by atoms with van der Waals surface area (Å²) in [5.74, 6) is 0. The van der Waals surface area contributed by atoms with Gasteiger partial charge in [0.05, 0.1) is 35.2 Å². The number of rotatable bonds is 8. The first-order valence-corrected chi connectivity index (χ1v) is 12.0. The summed E-state index contributed by atoms with van der Waals surface area (Å²) in [5.41, 5.74) is 1.90. The Bertz CT molecular complexity index is 942. The lowest BCUT2D eigenvalue weighted by atomic mass is 10.2. The molecule has 1 saturated heterocycles. The van der Waals surface area contributed by atoms with Gasteiger partial charge < -0.3 is 4.74 Å². The first kappa shape index (κ1) is 21.9. The van der Waals surface area contributed by atoms with Crippen LogP contribution in [0.2, 0.25) is 0 Å². The molecule has 1 fully saturated rings. The first-order chi connectivity index (χ1) is 13.7. The van der Waals surface area contributed by atoms with E-state index in [2.05, 4.69) is 0 Å². The topological polar surface area (TPSA) is 96.0 Å². The Morgan fingerprint density at radius 1 is 0.724 bits per heavy atom. The molecule has 0 saturated carbocycles. The van der Waals surface area contributed by atoms with Gasteiger partial charge in [-0.1, -0.05) is 35.4 Å². The molecule has 158 valence electrons. The normalized spacial score (nSPS) is 20.1. The molecule has 9 heteroatoms. The van der Waals surface area contributed by atoms with Crippen molar-refractivity contribution in [1.82, 2.24) is 0 Å². The smallest absolute Gasteiger partial charge is 0.297 e. The molecule has 0 spiro atoms. The zero-order chi connectivity index (χ0) is 21.1. The van der Waals surface area contributed by atoms with Crippen molar-refractivity contribution in [2.75, 3.05) is 13.2 Å². The van der Waals surface area contributed by atoms with Gasteiger partial charge >= 0.3 is 0 Å². The molecule has 7 nitrogen and oxygen atoms in total. The van der Waals surface area contributed by atoms with Gasteiger partial charge in [-0.2, -0.15) is 16.8 Å². The fourth-order valence-corrected chi connectivity index (χ4v) is 4.78. The van der Waals surface area contributed by atoms with Gasteiger partial charge in [0.2, 0.25) is 0 Å². The molecular formula is C20H24O7S2.